The zero-order chi connectivity index (χ0) is 12.0. The summed E-state index contributed by atoms with van der Waals surface area (Å²) in [5.41, 5.74) is 10.5. The molecule has 1 aromatic heterocycles. The Balaban J connectivity index is 0. The number of aromatic amines is 2. The van der Waals surface area contributed by atoms with E-state index in [1.54, 1.807) is 0 Å². The molecular weight excluding hydrogens is 598 g/mol. The molecule has 0 unspecified atom stereocenters. The van der Waals surface area contributed by atoms with Gasteiger partial charge in [0, 0.05) is 66.5 Å². The van der Waals surface area contributed by atoms with Crippen LogP contribution in [0.15, 0.2) is 21.9 Å². The largest absolute Gasteiger partial charge is 0.326 e. The molecule has 1 fully saturated rings. The molecule has 0 amide bonds. The van der Waals surface area contributed by atoms with Crippen LogP contribution in [0, 0.1) is 0 Å². The van der Waals surface area contributed by atoms with Crippen molar-refractivity contribution in [3.63, 3.8) is 0 Å². The molecule has 0 spiro atoms. The minimum absolute atomic E-state index is 0. The van der Waals surface area contributed by atoms with Crippen LogP contribution in [-0.2, 0) is 42.1 Å². The first kappa shape index (κ1) is 20.3. The Morgan fingerprint density at radius 2 is 1.56 bits per heavy atom. The van der Waals surface area contributed by atoms with Crippen LogP contribution >= 0.6 is 0 Å². The van der Waals surface area contributed by atoms with Gasteiger partial charge in [0.1, 0.15) is 0 Å². The van der Waals surface area contributed by atoms with E-state index in [1.807, 2.05) is 4.98 Å². The van der Waals surface area contributed by atoms with Gasteiger partial charge in [0.15, 0.2) is 0 Å². The Morgan fingerprint density at radius 3 is 1.83 bits per heavy atom. The fraction of sp³-hybridized carbons (Fsp3) is 0.600. The molecule has 2 atom stereocenters. The van der Waals surface area contributed by atoms with Gasteiger partial charge in [-0.15, -0.1) is 0 Å². The molecule has 0 bridgehead atoms. The number of rotatable bonds is 0. The molecular formula is C10H18N4O2Pt2. The maximum Gasteiger partial charge on any atom is 0.325 e. The van der Waals surface area contributed by atoms with Crippen molar-refractivity contribution in [1.29, 1.82) is 0 Å². The Labute approximate surface area is 134 Å². The predicted molar refractivity (Wildman–Crippen MR) is 62.1 cm³/mol. The van der Waals surface area contributed by atoms with Gasteiger partial charge >= 0.3 is 5.69 Å². The molecule has 6 N–H and O–H groups in total. The third-order valence-corrected chi connectivity index (χ3v) is 2.56. The second kappa shape index (κ2) is 10.9. The summed E-state index contributed by atoms with van der Waals surface area (Å²) < 4.78 is 0. The fourth-order valence-corrected chi connectivity index (χ4v) is 1.57. The van der Waals surface area contributed by atoms with Crippen molar-refractivity contribution in [2.24, 2.45) is 11.5 Å². The molecule has 0 radical (unpaired) electrons. The van der Waals surface area contributed by atoms with Crippen LogP contribution in [0.4, 0.5) is 0 Å². The monoisotopic (exact) mass is 616 g/mol. The summed E-state index contributed by atoms with van der Waals surface area (Å²) in [4.78, 5) is 24.7. The standard InChI is InChI=1S/C6H14N2.C4H4N2O2.2Pt/c7-5-3-1-2-4-6(5)8;7-3-1-2-5-4(8)6-3;;/h5-6H,1-4,7-8H2;1-2H,(H2,5,6,7,8);;/t5-,6-;;;/m1.../s1. The maximum atomic E-state index is 10.2. The predicted octanol–water partition coefficient (Wildman–Crippen LogP) is -0.727. The van der Waals surface area contributed by atoms with Crippen molar-refractivity contribution in [2.45, 2.75) is 37.8 Å². The van der Waals surface area contributed by atoms with Crippen LogP contribution in [0.5, 0.6) is 0 Å². The van der Waals surface area contributed by atoms with E-state index in [2.05, 4.69) is 4.98 Å². The molecule has 2 rings (SSSR count). The van der Waals surface area contributed by atoms with E-state index in [-0.39, 0.29) is 59.8 Å². The van der Waals surface area contributed by atoms with Gasteiger partial charge in [-0.25, -0.2) is 4.79 Å². The van der Waals surface area contributed by atoms with E-state index >= 15 is 0 Å². The van der Waals surface area contributed by atoms with Gasteiger partial charge in [-0.3, -0.25) is 9.78 Å². The van der Waals surface area contributed by atoms with Crippen LogP contribution in [0.2, 0.25) is 0 Å². The molecule has 1 aliphatic rings. The van der Waals surface area contributed by atoms with Crippen molar-refractivity contribution < 1.29 is 42.1 Å². The Bertz CT molecular complexity index is 385. The Hall–Kier alpha value is -0.0234. The zero-order valence-corrected chi connectivity index (χ0v) is 14.3. The van der Waals surface area contributed by atoms with E-state index < -0.39 is 5.69 Å². The minimum Gasteiger partial charge on any atom is -0.326 e. The van der Waals surface area contributed by atoms with Crippen LogP contribution in [-0.4, -0.2) is 22.1 Å². The third-order valence-electron chi connectivity index (χ3n) is 2.56. The van der Waals surface area contributed by atoms with Gasteiger partial charge in [0.2, 0.25) is 0 Å². The van der Waals surface area contributed by atoms with Gasteiger partial charge in [0.25, 0.3) is 5.56 Å². The summed E-state index contributed by atoms with van der Waals surface area (Å²) in [7, 11) is 0. The second-order valence-electron chi connectivity index (χ2n) is 3.91. The third kappa shape index (κ3) is 8.14. The molecule has 110 valence electrons. The van der Waals surface area contributed by atoms with Gasteiger partial charge < -0.3 is 16.5 Å². The van der Waals surface area contributed by atoms with E-state index in [9.17, 15) is 9.59 Å². The summed E-state index contributed by atoms with van der Waals surface area (Å²) in [6.07, 6.45) is 6.09. The summed E-state index contributed by atoms with van der Waals surface area (Å²) >= 11 is 0. The van der Waals surface area contributed by atoms with Crippen LogP contribution in [0.3, 0.4) is 0 Å². The normalized spacial score (nSPS) is 21.7. The maximum absolute atomic E-state index is 10.2. The van der Waals surface area contributed by atoms with Gasteiger partial charge in [-0.05, 0) is 12.8 Å². The quantitative estimate of drug-likeness (QED) is 0.308. The van der Waals surface area contributed by atoms with Crippen molar-refractivity contribution in [2.75, 3.05) is 0 Å². The molecule has 0 saturated heterocycles. The van der Waals surface area contributed by atoms with Crippen molar-refractivity contribution in [1.82, 2.24) is 9.97 Å². The molecule has 6 nitrogen and oxygen atoms in total. The Morgan fingerprint density at radius 1 is 1.06 bits per heavy atom. The molecule has 1 aliphatic carbocycles. The molecule has 8 heteroatoms. The van der Waals surface area contributed by atoms with E-state index in [0.717, 1.165) is 12.8 Å². The zero-order valence-electron chi connectivity index (χ0n) is 9.74. The molecule has 1 aromatic rings. The topological polar surface area (TPSA) is 118 Å². The number of H-pyrrole nitrogens is 2. The number of hydrogen-bond acceptors (Lipinski definition) is 4. The molecule has 0 aliphatic heterocycles. The summed E-state index contributed by atoms with van der Waals surface area (Å²) in [5.74, 6) is 0. The molecule has 0 aromatic carbocycles. The number of aromatic nitrogens is 2. The smallest absolute Gasteiger partial charge is 0.325 e. The molecule has 18 heavy (non-hydrogen) atoms. The number of hydrogen-bond donors (Lipinski definition) is 4. The van der Waals surface area contributed by atoms with Crippen LogP contribution in [0.1, 0.15) is 25.7 Å². The van der Waals surface area contributed by atoms with Crippen molar-refractivity contribution >= 4 is 0 Å². The molecule has 1 heterocycles. The number of nitrogens with one attached hydrogen (secondary N) is 2. The van der Waals surface area contributed by atoms with Crippen molar-refractivity contribution in [3.8, 4) is 0 Å². The Kier molecular flexibility index (Phi) is 12.2. The van der Waals surface area contributed by atoms with E-state index in [4.69, 9.17) is 11.5 Å². The first-order valence-corrected chi connectivity index (χ1v) is 5.39. The van der Waals surface area contributed by atoms with E-state index in [1.165, 1.54) is 25.1 Å². The average molecular weight is 616 g/mol. The first-order chi connectivity index (χ1) is 7.59. The number of nitrogens with two attached hydrogens (primary N) is 2. The van der Waals surface area contributed by atoms with Crippen LogP contribution in [0.25, 0.3) is 0 Å². The first-order valence-electron chi connectivity index (χ1n) is 5.39. The van der Waals surface area contributed by atoms with Crippen molar-refractivity contribution in [3.05, 3.63) is 33.1 Å². The van der Waals surface area contributed by atoms with Crippen LogP contribution < -0.4 is 22.7 Å². The van der Waals surface area contributed by atoms with E-state index in [0.29, 0.717) is 0 Å². The summed E-state index contributed by atoms with van der Waals surface area (Å²) in [6.45, 7) is 0. The average Bonchev–Trinajstić information content (AvgIpc) is 2.23. The van der Waals surface area contributed by atoms with Gasteiger partial charge in [-0.1, -0.05) is 12.8 Å². The minimum atomic E-state index is -0.475. The van der Waals surface area contributed by atoms with Gasteiger partial charge in [0.05, 0.1) is 0 Å². The fourth-order valence-electron chi connectivity index (χ4n) is 1.57. The molecule has 1 saturated carbocycles. The summed E-state index contributed by atoms with van der Waals surface area (Å²) in [5, 5.41) is 0. The summed E-state index contributed by atoms with van der Waals surface area (Å²) in [6, 6.07) is 1.80. The van der Waals surface area contributed by atoms with Gasteiger partial charge in [-0.2, -0.15) is 0 Å². The second-order valence-corrected chi connectivity index (χ2v) is 3.91. The SMILES string of the molecule is N[C@@H]1CCCC[C@H]1N.O=c1cc[nH]c(=O)[nH]1.[Pt].[Pt].